The van der Waals surface area contributed by atoms with Gasteiger partial charge in [-0.1, -0.05) is 11.6 Å². The Hall–Kier alpha value is -1.26. The first-order valence-corrected chi connectivity index (χ1v) is 4.92. The van der Waals surface area contributed by atoms with Crippen LogP contribution in [-0.4, -0.2) is 28.8 Å². The molecule has 1 aromatic carbocycles. The second-order valence-electron chi connectivity index (χ2n) is 3.50. The lowest BCUT2D eigenvalue weighted by Crippen LogP contribution is -2.25. The molecule has 1 aliphatic heterocycles. The van der Waals surface area contributed by atoms with Gasteiger partial charge in [0.2, 0.25) is 5.91 Å². The van der Waals surface area contributed by atoms with Crippen LogP contribution in [0.2, 0.25) is 5.02 Å². The summed E-state index contributed by atoms with van der Waals surface area (Å²) in [5, 5.41) is 18.9. The zero-order valence-corrected chi connectivity index (χ0v) is 8.61. The van der Waals surface area contributed by atoms with Crippen molar-refractivity contribution in [2.75, 3.05) is 11.4 Å². The van der Waals surface area contributed by atoms with Gasteiger partial charge in [0.1, 0.15) is 5.75 Å². The van der Waals surface area contributed by atoms with Crippen LogP contribution < -0.4 is 4.90 Å². The average Bonchev–Trinajstić information content (AvgIpc) is 2.50. The highest BCUT2D eigenvalue weighted by molar-refractivity contribution is 6.32. The number of benzene rings is 1. The Labute approximate surface area is 91.7 Å². The van der Waals surface area contributed by atoms with Crippen LogP contribution >= 0.6 is 11.6 Å². The van der Waals surface area contributed by atoms with E-state index in [-0.39, 0.29) is 29.6 Å². The van der Waals surface area contributed by atoms with Crippen molar-refractivity contribution in [2.24, 2.45) is 0 Å². The molecule has 0 aromatic heterocycles. The van der Waals surface area contributed by atoms with Crippen LogP contribution in [0, 0.1) is 0 Å². The third-order valence-electron chi connectivity index (χ3n) is 2.35. The van der Waals surface area contributed by atoms with Crippen LogP contribution in [0.1, 0.15) is 6.42 Å². The molecule has 2 rings (SSSR count). The molecule has 0 saturated carbocycles. The Balaban J connectivity index is 2.30. The van der Waals surface area contributed by atoms with Crippen LogP contribution in [0.4, 0.5) is 5.69 Å². The first kappa shape index (κ1) is 10.3. The summed E-state index contributed by atoms with van der Waals surface area (Å²) >= 11 is 5.65. The van der Waals surface area contributed by atoms with Gasteiger partial charge in [-0.25, -0.2) is 0 Å². The van der Waals surface area contributed by atoms with Gasteiger partial charge in [-0.2, -0.15) is 0 Å². The van der Waals surface area contributed by atoms with Crippen LogP contribution in [0.5, 0.6) is 5.75 Å². The molecule has 80 valence electrons. The van der Waals surface area contributed by atoms with Crippen molar-refractivity contribution in [3.05, 3.63) is 23.2 Å². The number of β-amino-alcohol motifs (C(OH)–C–C–N with tert-alkyl or cyclic N) is 1. The minimum Gasteiger partial charge on any atom is -0.506 e. The second kappa shape index (κ2) is 3.72. The fourth-order valence-electron chi connectivity index (χ4n) is 1.61. The zero-order valence-electron chi connectivity index (χ0n) is 7.85. The topological polar surface area (TPSA) is 60.8 Å². The molecule has 0 bridgehead atoms. The summed E-state index contributed by atoms with van der Waals surface area (Å²) < 4.78 is 0. The van der Waals surface area contributed by atoms with E-state index in [1.165, 1.54) is 17.0 Å². The number of phenols is 1. The van der Waals surface area contributed by atoms with Crippen LogP contribution in [0.25, 0.3) is 0 Å². The quantitative estimate of drug-likeness (QED) is 0.757. The predicted molar refractivity (Wildman–Crippen MR) is 56.1 cm³/mol. The maximum atomic E-state index is 11.4. The van der Waals surface area contributed by atoms with Gasteiger partial charge in [0.15, 0.2) is 0 Å². The van der Waals surface area contributed by atoms with E-state index in [4.69, 9.17) is 11.6 Å². The van der Waals surface area contributed by atoms with Crippen LogP contribution in [-0.2, 0) is 4.79 Å². The maximum Gasteiger partial charge on any atom is 0.229 e. The number of rotatable bonds is 1. The molecule has 1 fully saturated rings. The van der Waals surface area contributed by atoms with Crippen molar-refractivity contribution in [3.8, 4) is 5.75 Å². The lowest BCUT2D eigenvalue weighted by molar-refractivity contribution is -0.117. The summed E-state index contributed by atoms with van der Waals surface area (Å²) in [5.74, 6) is -0.215. The standard InChI is InChI=1S/C10H10ClNO3/c11-8-2-1-6(3-9(8)14)12-5-7(13)4-10(12)15/h1-3,7,13-14H,4-5H2. The van der Waals surface area contributed by atoms with Crippen molar-refractivity contribution in [1.29, 1.82) is 0 Å². The smallest absolute Gasteiger partial charge is 0.229 e. The highest BCUT2D eigenvalue weighted by Gasteiger charge is 2.29. The van der Waals surface area contributed by atoms with E-state index in [0.29, 0.717) is 5.69 Å². The van der Waals surface area contributed by atoms with E-state index in [1.807, 2.05) is 0 Å². The molecule has 4 nitrogen and oxygen atoms in total. The van der Waals surface area contributed by atoms with Crippen molar-refractivity contribution in [1.82, 2.24) is 0 Å². The molecule has 2 N–H and O–H groups in total. The number of nitrogens with zero attached hydrogens (tertiary/aromatic N) is 1. The molecule has 1 atom stereocenters. The number of halogens is 1. The van der Waals surface area contributed by atoms with Crippen molar-refractivity contribution < 1.29 is 15.0 Å². The number of aliphatic hydroxyl groups is 1. The molecule has 1 unspecified atom stereocenters. The number of aliphatic hydroxyl groups excluding tert-OH is 1. The Bertz CT molecular complexity index is 408. The van der Waals surface area contributed by atoms with Crippen molar-refractivity contribution >= 4 is 23.2 Å². The number of carbonyl (C=O) groups is 1. The minimum atomic E-state index is -0.629. The summed E-state index contributed by atoms with van der Waals surface area (Å²) in [4.78, 5) is 12.9. The summed E-state index contributed by atoms with van der Waals surface area (Å²) in [6.45, 7) is 0.264. The van der Waals surface area contributed by atoms with Crippen LogP contribution in [0.15, 0.2) is 18.2 Å². The first-order valence-electron chi connectivity index (χ1n) is 4.55. The zero-order chi connectivity index (χ0) is 11.0. The van der Waals surface area contributed by atoms with E-state index in [9.17, 15) is 15.0 Å². The van der Waals surface area contributed by atoms with E-state index in [0.717, 1.165) is 0 Å². The third kappa shape index (κ3) is 1.91. The van der Waals surface area contributed by atoms with Crippen molar-refractivity contribution in [2.45, 2.75) is 12.5 Å². The van der Waals surface area contributed by atoms with Gasteiger partial charge in [-0.05, 0) is 12.1 Å². The molecule has 1 aromatic rings. The van der Waals surface area contributed by atoms with Gasteiger partial charge in [0.25, 0.3) is 0 Å². The molecule has 0 radical (unpaired) electrons. The predicted octanol–water partition coefficient (Wildman–Crippen LogP) is 1.14. The van der Waals surface area contributed by atoms with Crippen molar-refractivity contribution in [3.63, 3.8) is 0 Å². The molecule has 0 aliphatic carbocycles. The number of hydrogen-bond donors (Lipinski definition) is 2. The first-order chi connectivity index (χ1) is 7.08. The third-order valence-corrected chi connectivity index (χ3v) is 2.67. The number of aromatic hydroxyl groups is 1. The minimum absolute atomic E-state index is 0.0663. The summed E-state index contributed by atoms with van der Waals surface area (Å²) in [6.07, 6.45) is -0.501. The Morgan fingerprint density at radius 1 is 1.47 bits per heavy atom. The lowest BCUT2D eigenvalue weighted by atomic mass is 10.3. The van der Waals surface area contributed by atoms with E-state index < -0.39 is 6.10 Å². The summed E-state index contributed by atoms with van der Waals surface area (Å²) in [7, 11) is 0. The Kier molecular flexibility index (Phi) is 2.54. The highest BCUT2D eigenvalue weighted by atomic mass is 35.5. The van der Waals surface area contributed by atoms with Gasteiger partial charge >= 0.3 is 0 Å². The largest absolute Gasteiger partial charge is 0.506 e. The molecule has 0 spiro atoms. The molecule has 1 aliphatic rings. The maximum absolute atomic E-state index is 11.4. The molecule has 15 heavy (non-hydrogen) atoms. The van der Waals surface area contributed by atoms with E-state index in [2.05, 4.69) is 0 Å². The summed E-state index contributed by atoms with van der Waals surface area (Å²) in [6, 6.07) is 4.57. The number of phenolic OH excluding ortho intramolecular Hbond substituents is 1. The van der Waals surface area contributed by atoms with Gasteiger partial charge in [-0.3, -0.25) is 4.79 Å². The molecular weight excluding hydrogens is 218 g/mol. The normalized spacial score (nSPS) is 21.1. The number of hydrogen-bond acceptors (Lipinski definition) is 3. The monoisotopic (exact) mass is 227 g/mol. The van der Waals surface area contributed by atoms with E-state index in [1.54, 1.807) is 6.07 Å². The van der Waals surface area contributed by atoms with Gasteiger partial charge in [-0.15, -0.1) is 0 Å². The summed E-state index contributed by atoms with van der Waals surface area (Å²) in [5.41, 5.74) is 0.554. The SMILES string of the molecule is O=C1CC(O)CN1c1ccc(Cl)c(O)c1. The van der Waals surface area contributed by atoms with Gasteiger partial charge in [0, 0.05) is 11.8 Å². The van der Waals surface area contributed by atoms with Gasteiger partial charge < -0.3 is 15.1 Å². The average molecular weight is 228 g/mol. The van der Waals surface area contributed by atoms with Crippen LogP contribution in [0.3, 0.4) is 0 Å². The molecular formula is C10H10ClNO3. The number of anilines is 1. The Morgan fingerprint density at radius 3 is 2.73 bits per heavy atom. The van der Waals surface area contributed by atoms with E-state index >= 15 is 0 Å². The fourth-order valence-corrected chi connectivity index (χ4v) is 1.72. The highest BCUT2D eigenvalue weighted by Crippen LogP contribution is 2.30. The number of carbonyl (C=O) groups excluding carboxylic acids is 1. The molecule has 1 saturated heterocycles. The number of amides is 1. The lowest BCUT2D eigenvalue weighted by Gasteiger charge is -2.16. The molecule has 1 heterocycles. The Morgan fingerprint density at radius 2 is 2.20 bits per heavy atom. The van der Waals surface area contributed by atoms with Gasteiger partial charge in [0.05, 0.1) is 24.1 Å². The molecule has 5 heteroatoms. The second-order valence-corrected chi connectivity index (χ2v) is 3.91. The fraction of sp³-hybridized carbons (Fsp3) is 0.300. The molecule has 1 amide bonds.